The van der Waals surface area contributed by atoms with Crippen LogP contribution in [0.3, 0.4) is 0 Å². The van der Waals surface area contributed by atoms with E-state index in [4.69, 9.17) is 11.6 Å². The van der Waals surface area contributed by atoms with Crippen LogP contribution >= 0.6 is 11.6 Å². The van der Waals surface area contributed by atoms with Gasteiger partial charge in [0.1, 0.15) is 10.0 Å². The molecule has 1 aromatic heterocycles. The molecule has 1 N–H and O–H groups in total. The van der Waals surface area contributed by atoms with Gasteiger partial charge in [-0.15, -0.1) is 0 Å². The second-order valence-electron chi connectivity index (χ2n) is 5.48. The molecule has 0 amide bonds. The van der Waals surface area contributed by atoms with Crippen molar-refractivity contribution >= 4 is 21.6 Å². The van der Waals surface area contributed by atoms with Crippen molar-refractivity contribution in [3.8, 4) is 0 Å². The van der Waals surface area contributed by atoms with Gasteiger partial charge in [0.25, 0.3) is 0 Å². The fourth-order valence-corrected chi connectivity index (χ4v) is 4.45. The summed E-state index contributed by atoms with van der Waals surface area (Å²) in [5, 5.41) is 3.56. The highest BCUT2D eigenvalue weighted by molar-refractivity contribution is 7.89. The van der Waals surface area contributed by atoms with Crippen LogP contribution in [0.1, 0.15) is 5.56 Å². The van der Waals surface area contributed by atoms with Gasteiger partial charge in [0.05, 0.1) is 0 Å². The Morgan fingerprint density at radius 2 is 2.00 bits per heavy atom. The Kier molecular flexibility index (Phi) is 4.96. The summed E-state index contributed by atoms with van der Waals surface area (Å²) in [4.78, 5) is 4.08. The molecule has 1 saturated heterocycles. The highest BCUT2D eigenvalue weighted by Gasteiger charge is 2.33. The average Bonchev–Trinajstić information content (AvgIpc) is 2.56. The minimum atomic E-state index is -3.58. The van der Waals surface area contributed by atoms with E-state index in [2.05, 4.69) is 10.3 Å². The minimum absolute atomic E-state index is 0.119. The molecule has 23 heavy (non-hydrogen) atoms. The number of nitrogens with zero attached hydrogens (tertiary/aromatic N) is 2. The molecule has 3 rings (SSSR count). The van der Waals surface area contributed by atoms with Crippen molar-refractivity contribution < 1.29 is 8.42 Å². The maximum atomic E-state index is 12.9. The molecular formula is C16H18ClN3O2S. The van der Waals surface area contributed by atoms with Gasteiger partial charge in [0, 0.05) is 31.9 Å². The van der Waals surface area contributed by atoms with Crippen LogP contribution in [0.5, 0.6) is 0 Å². The first-order chi connectivity index (χ1) is 11.1. The van der Waals surface area contributed by atoms with Crippen molar-refractivity contribution in [2.24, 2.45) is 0 Å². The Morgan fingerprint density at radius 3 is 2.70 bits per heavy atom. The predicted octanol–water partition coefficient (Wildman–Crippen LogP) is 1.94. The number of benzene rings is 1. The van der Waals surface area contributed by atoms with Gasteiger partial charge in [0.15, 0.2) is 0 Å². The molecule has 0 aliphatic carbocycles. The maximum absolute atomic E-state index is 12.9. The van der Waals surface area contributed by atoms with Crippen LogP contribution in [0.2, 0.25) is 5.15 Å². The monoisotopic (exact) mass is 351 g/mol. The SMILES string of the molecule is O=S(=O)(c1ccc(Cl)nc1)N1CCNCC1Cc1ccccc1. The molecule has 7 heteroatoms. The van der Waals surface area contributed by atoms with Gasteiger partial charge >= 0.3 is 0 Å². The molecule has 2 aromatic rings. The molecule has 1 fully saturated rings. The van der Waals surface area contributed by atoms with Crippen molar-refractivity contribution in [2.75, 3.05) is 19.6 Å². The Morgan fingerprint density at radius 1 is 1.22 bits per heavy atom. The van der Waals surface area contributed by atoms with Gasteiger partial charge in [-0.3, -0.25) is 0 Å². The van der Waals surface area contributed by atoms with E-state index < -0.39 is 10.0 Å². The zero-order valence-electron chi connectivity index (χ0n) is 12.5. The van der Waals surface area contributed by atoms with E-state index in [1.54, 1.807) is 4.31 Å². The Labute approximate surface area is 141 Å². The lowest BCUT2D eigenvalue weighted by Gasteiger charge is -2.35. The topological polar surface area (TPSA) is 62.3 Å². The van der Waals surface area contributed by atoms with Crippen LogP contribution in [-0.4, -0.2) is 43.4 Å². The van der Waals surface area contributed by atoms with E-state index in [0.29, 0.717) is 26.1 Å². The summed E-state index contributed by atoms with van der Waals surface area (Å²) < 4.78 is 27.4. The summed E-state index contributed by atoms with van der Waals surface area (Å²) in [6.07, 6.45) is 1.99. The summed E-state index contributed by atoms with van der Waals surface area (Å²) in [6, 6.07) is 12.8. The van der Waals surface area contributed by atoms with E-state index in [-0.39, 0.29) is 16.1 Å². The minimum Gasteiger partial charge on any atom is -0.314 e. The number of hydrogen-bond donors (Lipinski definition) is 1. The number of halogens is 1. The van der Waals surface area contributed by atoms with Crippen LogP contribution in [0.15, 0.2) is 53.6 Å². The quantitative estimate of drug-likeness (QED) is 0.855. The number of piperazine rings is 1. The van der Waals surface area contributed by atoms with Gasteiger partial charge in [-0.1, -0.05) is 41.9 Å². The number of rotatable bonds is 4. The molecule has 0 spiro atoms. The third kappa shape index (κ3) is 3.72. The van der Waals surface area contributed by atoms with E-state index in [1.165, 1.54) is 18.3 Å². The number of nitrogens with one attached hydrogen (secondary N) is 1. The molecule has 0 radical (unpaired) electrons. The smallest absolute Gasteiger partial charge is 0.244 e. The molecule has 2 heterocycles. The molecule has 1 aliphatic rings. The summed E-state index contributed by atoms with van der Waals surface area (Å²) in [7, 11) is -3.58. The lowest BCUT2D eigenvalue weighted by molar-refractivity contribution is 0.266. The molecule has 0 bridgehead atoms. The number of aromatic nitrogens is 1. The lowest BCUT2D eigenvalue weighted by Crippen LogP contribution is -2.54. The first-order valence-corrected chi connectivity index (χ1v) is 9.27. The Hall–Kier alpha value is -1.47. The fourth-order valence-electron chi connectivity index (χ4n) is 2.77. The van der Waals surface area contributed by atoms with Crippen molar-refractivity contribution in [1.29, 1.82) is 0 Å². The van der Waals surface area contributed by atoms with E-state index >= 15 is 0 Å². The largest absolute Gasteiger partial charge is 0.314 e. The first kappa shape index (κ1) is 16.4. The van der Waals surface area contributed by atoms with Gasteiger partial charge in [0.2, 0.25) is 10.0 Å². The normalized spacial score (nSPS) is 19.6. The standard InChI is InChI=1S/C16H18ClN3O2S/c17-16-7-6-15(12-19-16)23(21,22)20-9-8-18-11-14(20)10-13-4-2-1-3-5-13/h1-7,12,14,18H,8-11H2. The Bertz CT molecular complexity index is 751. The average molecular weight is 352 g/mol. The van der Waals surface area contributed by atoms with Gasteiger partial charge in [-0.05, 0) is 24.1 Å². The summed E-state index contributed by atoms with van der Waals surface area (Å²) >= 11 is 5.75. The first-order valence-electron chi connectivity index (χ1n) is 7.45. The zero-order valence-corrected chi connectivity index (χ0v) is 14.1. The number of hydrogen-bond acceptors (Lipinski definition) is 4. The summed E-state index contributed by atoms with van der Waals surface area (Å²) in [5.74, 6) is 0. The number of sulfonamides is 1. The van der Waals surface area contributed by atoms with Crippen LogP contribution in [0, 0.1) is 0 Å². The van der Waals surface area contributed by atoms with Gasteiger partial charge in [-0.25, -0.2) is 13.4 Å². The molecule has 0 saturated carbocycles. The molecule has 1 aromatic carbocycles. The number of pyridine rings is 1. The summed E-state index contributed by atoms with van der Waals surface area (Å²) in [5.41, 5.74) is 1.12. The molecule has 122 valence electrons. The molecular weight excluding hydrogens is 334 g/mol. The fraction of sp³-hybridized carbons (Fsp3) is 0.312. The molecule has 5 nitrogen and oxygen atoms in total. The molecule has 1 atom stereocenters. The third-order valence-corrected chi connectivity index (χ3v) is 6.08. The molecule has 1 unspecified atom stereocenters. The van der Waals surface area contributed by atoms with Crippen LogP contribution in [0.25, 0.3) is 0 Å². The second-order valence-corrected chi connectivity index (χ2v) is 7.76. The van der Waals surface area contributed by atoms with Crippen LogP contribution in [0.4, 0.5) is 0 Å². The van der Waals surface area contributed by atoms with Gasteiger partial charge in [-0.2, -0.15) is 4.31 Å². The van der Waals surface area contributed by atoms with E-state index in [9.17, 15) is 8.42 Å². The second kappa shape index (κ2) is 6.97. The van der Waals surface area contributed by atoms with Crippen LogP contribution < -0.4 is 5.32 Å². The zero-order chi connectivity index (χ0) is 16.3. The van der Waals surface area contributed by atoms with Crippen molar-refractivity contribution in [3.63, 3.8) is 0 Å². The Balaban J connectivity index is 1.87. The van der Waals surface area contributed by atoms with Crippen molar-refractivity contribution in [1.82, 2.24) is 14.6 Å². The van der Waals surface area contributed by atoms with Crippen molar-refractivity contribution in [3.05, 3.63) is 59.4 Å². The highest BCUT2D eigenvalue weighted by atomic mass is 35.5. The maximum Gasteiger partial charge on any atom is 0.244 e. The lowest BCUT2D eigenvalue weighted by atomic mass is 10.1. The van der Waals surface area contributed by atoms with Crippen LogP contribution in [-0.2, 0) is 16.4 Å². The van der Waals surface area contributed by atoms with E-state index in [1.807, 2.05) is 30.3 Å². The van der Waals surface area contributed by atoms with Crippen molar-refractivity contribution in [2.45, 2.75) is 17.4 Å². The predicted molar refractivity (Wildman–Crippen MR) is 89.9 cm³/mol. The third-order valence-electron chi connectivity index (χ3n) is 3.92. The van der Waals surface area contributed by atoms with Gasteiger partial charge < -0.3 is 5.32 Å². The summed E-state index contributed by atoms with van der Waals surface area (Å²) in [6.45, 7) is 1.73. The highest BCUT2D eigenvalue weighted by Crippen LogP contribution is 2.22. The molecule has 1 aliphatic heterocycles. The van der Waals surface area contributed by atoms with E-state index in [0.717, 1.165) is 5.56 Å².